The number of anilines is 1. The summed E-state index contributed by atoms with van der Waals surface area (Å²) in [5.41, 5.74) is 1.62. The summed E-state index contributed by atoms with van der Waals surface area (Å²) in [6.07, 6.45) is 0.955. The first kappa shape index (κ1) is 11.9. The van der Waals surface area contributed by atoms with Crippen LogP contribution in [-0.2, 0) is 9.59 Å². The van der Waals surface area contributed by atoms with Crippen LogP contribution < -0.4 is 10.6 Å². The summed E-state index contributed by atoms with van der Waals surface area (Å²) < 4.78 is 0. The third-order valence-electron chi connectivity index (χ3n) is 2.77. The summed E-state index contributed by atoms with van der Waals surface area (Å²) in [6.45, 7) is 1.89. The van der Waals surface area contributed by atoms with Gasteiger partial charge in [0.1, 0.15) is 6.04 Å². The number of nitrogens with one attached hydrogen (secondary N) is 2. The van der Waals surface area contributed by atoms with Gasteiger partial charge >= 0.3 is 0 Å². The van der Waals surface area contributed by atoms with Gasteiger partial charge in [-0.2, -0.15) is 0 Å². The van der Waals surface area contributed by atoms with Crippen molar-refractivity contribution in [1.29, 1.82) is 0 Å². The van der Waals surface area contributed by atoms with Gasteiger partial charge in [0, 0.05) is 17.1 Å². The van der Waals surface area contributed by atoms with Crippen molar-refractivity contribution in [2.45, 2.75) is 25.8 Å². The Hall–Kier alpha value is -1.55. The molecule has 2 N–H and O–H groups in total. The number of hydrogen-bond acceptors (Lipinski definition) is 2. The van der Waals surface area contributed by atoms with Gasteiger partial charge in [-0.1, -0.05) is 17.7 Å². The lowest BCUT2D eigenvalue weighted by molar-refractivity contribution is -0.122. The fourth-order valence-corrected chi connectivity index (χ4v) is 1.93. The average molecular weight is 253 g/mol. The number of rotatable bonds is 2. The molecule has 0 radical (unpaired) electrons. The molecule has 0 bridgehead atoms. The van der Waals surface area contributed by atoms with Gasteiger partial charge in [-0.25, -0.2) is 0 Å². The molecule has 1 fully saturated rings. The molecule has 0 spiro atoms. The van der Waals surface area contributed by atoms with Gasteiger partial charge in [0.15, 0.2) is 0 Å². The number of aryl methyl sites for hydroxylation is 1. The Labute approximate surface area is 104 Å². The van der Waals surface area contributed by atoms with Crippen LogP contribution in [-0.4, -0.2) is 17.9 Å². The van der Waals surface area contributed by atoms with Crippen molar-refractivity contribution in [2.24, 2.45) is 0 Å². The molecule has 1 aliphatic rings. The largest absolute Gasteiger partial charge is 0.344 e. The molecule has 1 unspecified atom stereocenters. The molecule has 0 aliphatic carbocycles. The molecule has 4 nitrogen and oxygen atoms in total. The molecule has 0 aromatic heterocycles. The highest BCUT2D eigenvalue weighted by Gasteiger charge is 2.27. The van der Waals surface area contributed by atoms with Crippen LogP contribution in [0, 0.1) is 6.92 Å². The van der Waals surface area contributed by atoms with E-state index in [4.69, 9.17) is 11.6 Å². The summed E-state index contributed by atoms with van der Waals surface area (Å²) in [7, 11) is 0. The standard InChI is InChI=1S/C12H13ClN2O2/c1-7-2-3-8(13)6-10(7)15-12(17)9-4-5-11(16)14-9/h2-3,6,9H,4-5H2,1H3,(H,14,16)(H,15,17). The van der Waals surface area contributed by atoms with Gasteiger partial charge in [-0.3, -0.25) is 9.59 Å². The first-order chi connectivity index (χ1) is 8.06. The quantitative estimate of drug-likeness (QED) is 0.844. The fourth-order valence-electron chi connectivity index (χ4n) is 1.76. The minimum Gasteiger partial charge on any atom is -0.344 e. The van der Waals surface area contributed by atoms with Gasteiger partial charge < -0.3 is 10.6 Å². The third kappa shape index (κ3) is 2.77. The number of hydrogen-bond donors (Lipinski definition) is 2. The van der Waals surface area contributed by atoms with Crippen molar-refractivity contribution in [3.63, 3.8) is 0 Å². The monoisotopic (exact) mass is 252 g/mol. The average Bonchev–Trinajstić information content (AvgIpc) is 2.70. The molecular formula is C12H13ClN2O2. The maximum absolute atomic E-state index is 11.9. The predicted molar refractivity (Wildman–Crippen MR) is 66.0 cm³/mol. The van der Waals surface area contributed by atoms with Crippen molar-refractivity contribution < 1.29 is 9.59 Å². The highest BCUT2D eigenvalue weighted by atomic mass is 35.5. The zero-order valence-electron chi connectivity index (χ0n) is 9.42. The Bertz CT molecular complexity index is 474. The van der Waals surface area contributed by atoms with Crippen LogP contribution in [0.5, 0.6) is 0 Å². The van der Waals surface area contributed by atoms with E-state index in [0.717, 1.165) is 5.56 Å². The second-order valence-electron chi connectivity index (χ2n) is 4.11. The molecule has 90 valence electrons. The number of carbonyl (C=O) groups excluding carboxylic acids is 2. The first-order valence-electron chi connectivity index (χ1n) is 5.42. The number of carbonyl (C=O) groups is 2. The second-order valence-corrected chi connectivity index (χ2v) is 4.54. The molecule has 1 heterocycles. The maximum Gasteiger partial charge on any atom is 0.246 e. The summed E-state index contributed by atoms with van der Waals surface area (Å²) in [4.78, 5) is 22.9. The minimum absolute atomic E-state index is 0.0760. The molecule has 1 aliphatic heterocycles. The summed E-state index contributed by atoms with van der Waals surface area (Å²) in [5, 5.41) is 5.97. The Balaban J connectivity index is 2.07. The normalized spacial score (nSPS) is 18.9. The van der Waals surface area contributed by atoms with E-state index in [1.165, 1.54) is 0 Å². The van der Waals surface area contributed by atoms with Crippen molar-refractivity contribution in [2.75, 3.05) is 5.32 Å². The molecule has 0 saturated carbocycles. The molecule has 5 heteroatoms. The minimum atomic E-state index is -0.430. The van der Waals surface area contributed by atoms with Crippen LogP contribution in [0.3, 0.4) is 0 Å². The molecule has 17 heavy (non-hydrogen) atoms. The van der Waals surface area contributed by atoms with Crippen LogP contribution in [0.4, 0.5) is 5.69 Å². The zero-order valence-corrected chi connectivity index (χ0v) is 10.2. The molecule has 1 aromatic carbocycles. The van der Waals surface area contributed by atoms with E-state index in [1.807, 2.05) is 13.0 Å². The maximum atomic E-state index is 11.9. The second kappa shape index (κ2) is 4.75. The Kier molecular flexibility index (Phi) is 3.33. The Morgan fingerprint density at radius 1 is 1.53 bits per heavy atom. The number of benzene rings is 1. The van der Waals surface area contributed by atoms with Crippen molar-refractivity contribution >= 4 is 29.1 Å². The third-order valence-corrected chi connectivity index (χ3v) is 3.00. The van der Waals surface area contributed by atoms with E-state index >= 15 is 0 Å². The molecule has 1 saturated heterocycles. The van der Waals surface area contributed by atoms with E-state index in [-0.39, 0.29) is 11.8 Å². The van der Waals surface area contributed by atoms with E-state index in [9.17, 15) is 9.59 Å². The van der Waals surface area contributed by atoms with Crippen LogP contribution in [0.15, 0.2) is 18.2 Å². The van der Waals surface area contributed by atoms with E-state index in [0.29, 0.717) is 23.6 Å². The molecule has 2 amide bonds. The lowest BCUT2D eigenvalue weighted by Crippen LogP contribution is -2.37. The van der Waals surface area contributed by atoms with Gasteiger partial charge in [0.2, 0.25) is 11.8 Å². The lowest BCUT2D eigenvalue weighted by Gasteiger charge is -2.12. The zero-order chi connectivity index (χ0) is 12.4. The summed E-state index contributed by atoms with van der Waals surface area (Å²) in [5.74, 6) is -0.269. The van der Waals surface area contributed by atoms with Crippen molar-refractivity contribution in [3.8, 4) is 0 Å². The van der Waals surface area contributed by atoms with Crippen LogP contribution in [0.2, 0.25) is 5.02 Å². The highest BCUT2D eigenvalue weighted by Crippen LogP contribution is 2.21. The van der Waals surface area contributed by atoms with Gasteiger partial charge in [-0.15, -0.1) is 0 Å². The highest BCUT2D eigenvalue weighted by molar-refractivity contribution is 6.31. The summed E-state index contributed by atoms with van der Waals surface area (Å²) >= 11 is 5.86. The Morgan fingerprint density at radius 2 is 2.29 bits per heavy atom. The van der Waals surface area contributed by atoms with Gasteiger partial charge in [0.05, 0.1) is 0 Å². The van der Waals surface area contributed by atoms with Crippen molar-refractivity contribution in [1.82, 2.24) is 5.32 Å². The first-order valence-corrected chi connectivity index (χ1v) is 5.80. The van der Waals surface area contributed by atoms with Gasteiger partial charge in [0.25, 0.3) is 0 Å². The fraction of sp³-hybridized carbons (Fsp3) is 0.333. The van der Waals surface area contributed by atoms with Crippen LogP contribution in [0.25, 0.3) is 0 Å². The van der Waals surface area contributed by atoms with Crippen LogP contribution >= 0.6 is 11.6 Å². The number of amides is 2. The topological polar surface area (TPSA) is 58.2 Å². The SMILES string of the molecule is Cc1ccc(Cl)cc1NC(=O)C1CCC(=O)N1. The molecule has 1 aromatic rings. The van der Waals surface area contributed by atoms with E-state index in [2.05, 4.69) is 10.6 Å². The molecule has 2 rings (SSSR count). The molecular weight excluding hydrogens is 240 g/mol. The van der Waals surface area contributed by atoms with Crippen molar-refractivity contribution in [3.05, 3.63) is 28.8 Å². The predicted octanol–water partition coefficient (Wildman–Crippen LogP) is 1.87. The van der Waals surface area contributed by atoms with Gasteiger partial charge in [-0.05, 0) is 31.0 Å². The molecule has 1 atom stereocenters. The lowest BCUT2D eigenvalue weighted by atomic mass is 10.1. The van der Waals surface area contributed by atoms with E-state index < -0.39 is 6.04 Å². The Morgan fingerprint density at radius 3 is 2.94 bits per heavy atom. The smallest absolute Gasteiger partial charge is 0.246 e. The summed E-state index contributed by atoms with van der Waals surface area (Å²) in [6, 6.07) is 4.88. The number of halogens is 1. The van der Waals surface area contributed by atoms with E-state index in [1.54, 1.807) is 12.1 Å². The van der Waals surface area contributed by atoms with Crippen LogP contribution in [0.1, 0.15) is 18.4 Å².